The van der Waals surface area contributed by atoms with Gasteiger partial charge in [0.1, 0.15) is 0 Å². The van der Waals surface area contributed by atoms with Crippen molar-refractivity contribution in [1.29, 1.82) is 0 Å². The second kappa shape index (κ2) is 5.91. The molecule has 3 rings (SSSR count). The topological polar surface area (TPSA) is 66.6 Å². The molecule has 0 aliphatic heterocycles. The number of rotatable bonds is 6. The molecular formula is C16H18N2O3. The van der Waals surface area contributed by atoms with E-state index in [-0.39, 0.29) is 0 Å². The number of benzene rings is 1. The summed E-state index contributed by atoms with van der Waals surface area (Å²) in [5, 5.41) is 0. The average molecular weight is 286 g/mol. The van der Waals surface area contributed by atoms with E-state index in [1.165, 1.54) is 12.8 Å². The van der Waals surface area contributed by atoms with Crippen molar-refractivity contribution in [2.75, 3.05) is 19.5 Å². The maximum Gasteiger partial charge on any atom is 0.240 e. The van der Waals surface area contributed by atoms with Crippen LogP contribution >= 0.6 is 0 Å². The predicted molar refractivity (Wildman–Crippen MR) is 79.9 cm³/mol. The van der Waals surface area contributed by atoms with Gasteiger partial charge < -0.3 is 19.9 Å². The zero-order valence-corrected chi connectivity index (χ0v) is 11.9. The van der Waals surface area contributed by atoms with E-state index in [4.69, 9.17) is 19.9 Å². The van der Waals surface area contributed by atoms with Crippen LogP contribution in [0.4, 0.5) is 5.69 Å². The Morgan fingerprint density at radius 1 is 1.14 bits per heavy atom. The SMILES string of the molecule is COc1ccccc1Oc1ccc(N)c(OCC2CC2)n1. The zero-order valence-electron chi connectivity index (χ0n) is 11.9. The first-order chi connectivity index (χ1) is 10.3. The lowest BCUT2D eigenvalue weighted by Crippen LogP contribution is -2.04. The van der Waals surface area contributed by atoms with Gasteiger partial charge in [-0.2, -0.15) is 4.98 Å². The number of para-hydroxylation sites is 2. The number of aromatic nitrogens is 1. The first-order valence-electron chi connectivity index (χ1n) is 6.96. The summed E-state index contributed by atoms with van der Waals surface area (Å²) >= 11 is 0. The van der Waals surface area contributed by atoms with Gasteiger partial charge >= 0.3 is 0 Å². The average Bonchev–Trinajstić information content (AvgIpc) is 3.32. The molecule has 2 N–H and O–H groups in total. The molecule has 2 aromatic rings. The molecule has 1 aliphatic rings. The predicted octanol–water partition coefficient (Wildman–Crippen LogP) is 3.25. The molecule has 110 valence electrons. The van der Waals surface area contributed by atoms with E-state index in [0.29, 0.717) is 41.5 Å². The summed E-state index contributed by atoms with van der Waals surface area (Å²) in [4.78, 5) is 4.32. The quantitative estimate of drug-likeness (QED) is 0.883. The number of anilines is 1. The van der Waals surface area contributed by atoms with Gasteiger partial charge in [-0.15, -0.1) is 0 Å². The minimum absolute atomic E-state index is 0.425. The summed E-state index contributed by atoms with van der Waals surface area (Å²) < 4.78 is 16.6. The third-order valence-corrected chi connectivity index (χ3v) is 3.30. The molecule has 21 heavy (non-hydrogen) atoms. The van der Waals surface area contributed by atoms with Crippen LogP contribution in [0.2, 0.25) is 0 Å². The third kappa shape index (κ3) is 3.37. The molecular weight excluding hydrogens is 268 g/mol. The highest BCUT2D eigenvalue weighted by Crippen LogP contribution is 2.33. The van der Waals surface area contributed by atoms with Crippen molar-refractivity contribution in [3.8, 4) is 23.3 Å². The summed E-state index contributed by atoms with van der Waals surface area (Å²) in [5.74, 6) is 2.75. The number of nitrogens with zero attached hydrogens (tertiary/aromatic N) is 1. The molecule has 0 amide bonds. The van der Waals surface area contributed by atoms with Gasteiger partial charge in [-0.05, 0) is 37.0 Å². The Hall–Kier alpha value is -2.43. The normalized spacial score (nSPS) is 13.8. The van der Waals surface area contributed by atoms with E-state index < -0.39 is 0 Å². The van der Waals surface area contributed by atoms with E-state index in [0.717, 1.165) is 0 Å². The van der Waals surface area contributed by atoms with Crippen molar-refractivity contribution >= 4 is 5.69 Å². The Labute approximate surface area is 123 Å². The van der Waals surface area contributed by atoms with Gasteiger partial charge in [-0.1, -0.05) is 12.1 Å². The number of hydrogen-bond donors (Lipinski definition) is 1. The Balaban J connectivity index is 1.76. The molecule has 1 fully saturated rings. The fourth-order valence-electron chi connectivity index (χ4n) is 1.90. The number of pyridine rings is 1. The van der Waals surface area contributed by atoms with Gasteiger partial charge in [0.2, 0.25) is 11.8 Å². The number of nitrogens with two attached hydrogens (primary N) is 1. The molecule has 5 nitrogen and oxygen atoms in total. The zero-order chi connectivity index (χ0) is 14.7. The van der Waals surface area contributed by atoms with Crippen LogP contribution in [0.1, 0.15) is 12.8 Å². The lowest BCUT2D eigenvalue weighted by molar-refractivity contribution is 0.286. The van der Waals surface area contributed by atoms with Crippen molar-refractivity contribution in [2.24, 2.45) is 5.92 Å². The summed E-state index contributed by atoms with van der Waals surface area (Å²) in [6.07, 6.45) is 2.44. The molecule has 0 atom stereocenters. The summed E-state index contributed by atoms with van der Waals surface area (Å²) in [5.41, 5.74) is 6.39. The van der Waals surface area contributed by atoms with Crippen LogP contribution in [0.15, 0.2) is 36.4 Å². The molecule has 1 aliphatic carbocycles. The van der Waals surface area contributed by atoms with Crippen LogP contribution in [-0.2, 0) is 0 Å². The smallest absolute Gasteiger partial charge is 0.240 e. The molecule has 0 radical (unpaired) electrons. The number of ether oxygens (including phenoxy) is 3. The van der Waals surface area contributed by atoms with Crippen LogP contribution in [-0.4, -0.2) is 18.7 Å². The first-order valence-corrected chi connectivity index (χ1v) is 6.96. The van der Waals surface area contributed by atoms with Crippen molar-refractivity contribution < 1.29 is 14.2 Å². The Bertz CT molecular complexity index is 627. The largest absolute Gasteiger partial charge is 0.493 e. The van der Waals surface area contributed by atoms with Crippen molar-refractivity contribution in [1.82, 2.24) is 4.98 Å². The van der Waals surface area contributed by atoms with Gasteiger partial charge in [0, 0.05) is 6.07 Å². The van der Waals surface area contributed by atoms with E-state index in [1.807, 2.05) is 24.3 Å². The lowest BCUT2D eigenvalue weighted by Gasteiger charge is -2.11. The molecule has 0 spiro atoms. The Kier molecular flexibility index (Phi) is 3.81. The van der Waals surface area contributed by atoms with Crippen LogP contribution in [0, 0.1) is 5.92 Å². The fourth-order valence-corrected chi connectivity index (χ4v) is 1.90. The molecule has 5 heteroatoms. The maximum absolute atomic E-state index is 5.88. The molecule has 0 saturated heterocycles. The molecule has 1 saturated carbocycles. The molecule has 0 bridgehead atoms. The van der Waals surface area contributed by atoms with Crippen LogP contribution in [0.25, 0.3) is 0 Å². The van der Waals surface area contributed by atoms with Crippen molar-refractivity contribution in [2.45, 2.75) is 12.8 Å². The number of methoxy groups -OCH3 is 1. The van der Waals surface area contributed by atoms with Gasteiger partial charge in [0.15, 0.2) is 11.5 Å². The maximum atomic E-state index is 5.88. The molecule has 0 unspecified atom stereocenters. The molecule has 1 aromatic heterocycles. The van der Waals surface area contributed by atoms with Crippen molar-refractivity contribution in [3.05, 3.63) is 36.4 Å². The third-order valence-electron chi connectivity index (χ3n) is 3.30. The first kappa shape index (κ1) is 13.5. The highest BCUT2D eigenvalue weighted by atomic mass is 16.5. The highest BCUT2D eigenvalue weighted by molar-refractivity contribution is 5.50. The monoisotopic (exact) mass is 286 g/mol. The second-order valence-corrected chi connectivity index (χ2v) is 5.05. The number of hydrogen-bond acceptors (Lipinski definition) is 5. The van der Waals surface area contributed by atoms with E-state index in [1.54, 1.807) is 19.2 Å². The second-order valence-electron chi connectivity index (χ2n) is 5.05. The van der Waals surface area contributed by atoms with Crippen LogP contribution < -0.4 is 19.9 Å². The fraction of sp³-hybridized carbons (Fsp3) is 0.312. The van der Waals surface area contributed by atoms with Gasteiger partial charge in [0.05, 0.1) is 19.4 Å². The van der Waals surface area contributed by atoms with E-state index in [2.05, 4.69) is 4.98 Å². The Morgan fingerprint density at radius 2 is 1.90 bits per heavy atom. The summed E-state index contributed by atoms with van der Waals surface area (Å²) in [6.45, 7) is 0.662. The summed E-state index contributed by atoms with van der Waals surface area (Å²) in [6, 6.07) is 10.9. The van der Waals surface area contributed by atoms with Gasteiger partial charge in [0.25, 0.3) is 0 Å². The Morgan fingerprint density at radius 3 is 2.62 bits per heavy atom. The molecule has 1 heterocycles. The van der Waals surface area contributed by atoms with Crippen LogP contribution in [0.3, 0.4) is 0 Å². The van der Waals surface area contributed by atoms with E-state index >= 15 is 0 Å². The van der Waals surface area contributed by atoms with Gasteiger partial charge in [-0.3, -0.25) is 0 Å². The van der Waals surface area contributed by atoms with Gasteiger partial charge in [-0.25, -0.2) is 0 Å². The molecule has 1 aromatic carbocycles. The summed E-state index contributed by atoms with van der Waals surface area (Å²) in [7, 11) is 1.60. The highest BCUT2D eigenvalue weighted by Gasteiger charge is 2.22. The standard InChI is InChI=1S/C16H18N2O3/c1-19-13-4-2-3-5-14(13)21-15-9-8-12(17)16(18-15)20-10-11-6-7-11/h2-5,8-9,11H,6-7,10,17H2,1H3. The van der Waals surface area contributed by atoms with Crippen molar-refractivity contribution in [3.63, 3.8) is 0 Å². The minimum Gasteiger partial charge on any atom is -0.493 e. The lowest BCUT2D eigenvalue weighted by atomic mass is 10.3. The minimum atomic E-state index is 0.425. The van der Waals surface area contributed by atoms with E-state index in [9.17, 15) is 0 Å². The number of nitrogen functional groups attached to an aromatic ring is 1. The van der Waals surface area contributed by atoms with Crippen LogP contribution in [0.5, 0.6) is 23.3 Å².